The van der Waals surface area contributed by atoms with E-state index in [0.29, 0.717) is 13.2 Å². The maximum Gasteiger partial charge on any atom is 0.302 e. The van der Waals surface area contributed by atoms with Gasteiger partial charge in [-0.25, -0.2) is 0 Å². The molecule has 0 amide bonds. The summed E-state index contributed by atoms with van der Waals surface area (Å²) in [5, 5.41) is 0.774. The summed E-state index contributed by atoms with van der Waals surface area (Å²) < 4.78 is 11.5. The first-order valence-electron chi connectivity index (χ1n) is 10.8. The van der Waals surface area contributed by atoms with Crippen LogP contribution in [0.2, 0.25) is 5.02 Å². The number of rotatable bonds is 7. The normalized spacial score (nSPS) is 19.4. The van der Waals surface area contributed by atoms with Gasteiger partial charge in [-0.05, 0) is 35.4 Å². The van der Waals surface area contributed by atoms with E-state index in [4.69, 9.17) is 21.1 Å². The van der Waals surface area contributed by atoms with Crippen molar-refractivity contribution in [2.45, 2.75) is 29.2 Å². The molecule has 1 saturated heterocycles. The molecular formula is C24H29ClN2O3S. The highest BCUT2D eigenvalue weighted by molar-refractivity contribution is 7.99. The Morgan fingerprint density at radius 3 is 2.48 bits per heavy atom. The highest BCUT2D eigenvalue weighted by Gasteiger charge is 2.24. The second kappa shape index (κ2) is 10.8. The number of hydrogen-bond acceptors (Lipinski definition) is 6. The second-order valence-electron chi connectivity index (χ2n) is 7.98. The minimum atomic E-state index is -0.209. The van der Waals surface area contributed by atoms with Crippen LogP contribution in [0.4, 0.5) is 0 Å². The molecule has 2 aromatic carbocycles. The van der Waals surface area contributed by atoms with Crippen LogP contribution in [0, 0.1) is 0 Å². The largest absolute Gasteiger partial charge is 0.465 e. The monoisotopic (exact) mass is 460 g/mol. The van der Waals surface area contributed by atoms with Crippen LogP contribution < -0.4 is 0 Å². The van der Waals surface area contributed by atoms with Gasteiger partial charge in [-0.15, -0.1) is 0 Å². The Balaban J connectivity index is 1.30. The Kier molecular flexibility index (Phi) is 7.91. The molecule has 7 heteroatoms. The van der Waals surface area contributed by atoms with E-state index in [1.165, 1.54) is 27.8 Å². The number of fused-ring (bicyclic) bond motifs is 2. The Hall–Kier alpha value is -1.57. The van der Waals surface area contributed by atoms with Crippen LogP contribution in [0.5, 0.6) is 0 Å². The molecule has 5 nitrogen and oxygen atoms in total. The Morgan fingerprint density at radius 1 is 1.03 bits per heavy atom. The first-order chi connectivity index (χ1) is 15.1. The quantitative estimate of drug-likeness (QED) is 0.574. The fourth-order valence-corrected chi connectivity index (χ4v) is 5.41. The number of nitrogens with zero attached hydrogens (tertiary/aromatic N) is 2. The van der Waals surface area contributed by atoms with Crippen LogP contribution in [0.15, 0.2) is 52.3 Å². The fourth-order valence-electron chi connectivity index (χ4n) is 4.10. The van der Waals surface area contributed by atoms with E-state index in [1.54, 1.807) is 11.8 Å². The Labute approximate surface area is 193 Å². The van der Waals surface area contributed by atoms with Crippen molar-refractivity contribution >= 4 is 29.3 Å². The summed E-state index contributed by atoms with van der Waals surface area (Å²) in [6, 6.07) is 14.7. The van der Waals surface area contributed by atoms with Crippen molar-refractivity contribution in [3.05, 3.63) is 58.6 Å². The van der Waals surface area contributed by atoms with Crippen LogP contribution in [0.1, 0.15) is 24.2 Å². The number of esters is 1. The van der Waals surface area contributed by atoms with E-state index in [2.05, 4.69) is 46.2 Å². The van der Waals surface area contributed by atoms with Gasteiger partial charge in [-0.2, -0.15) is 0 Å². The number of ether oxygens (including phenoxy) is 2. The van der Waals surface area contributed by atoms with E-state index in [9.17, 15) is 4.79 Å². The maximum absolute atomic E-state index is 10.9. The summed E-state index contributed by atoms with van der Waals surface area (Å²) in [5.74, 6) is -0.209. The molecule has 31 heavy (non-hydrogen) atoms. The molecule has 0 radical (unpaired) electrons. The number of piperazine rings is 1. The van der Waals surface area contributed by atoms with Crippen molar-refractivity contribution in [1.82, 2.24) is 9.80 Å². The van der Waals surface area contributed by atoms with Crippen LogP contribution in [-0.4, -0.2) is 68.3 Å². The highest BCUT2D eigenvalue weighted by Crippen LogP contribution is 2.42. The molecule has 2 aliphatic rings. The third-order valence-electron chi connectivity index (χ3n) is 5.82. The van der Waals surface area contributed by atoms with E-state index < -0.39 is 0 Å². The van der Waals surface area contributed by atoms with Gasteiger partial charge in [0.05, 0.1) is 12.7 Å². The van der Waals surface area contributed by atoms with Crippen molar-refractivity contribution < 1.29 is 14.3 Å². The van der Waals surface area contributed by atoms with Gasteiger partial charge >= 0.3 is 5.97 Å². The topological polar surface area (TPSA) is 42.0 Å². The highest BCUT2D eigenvalue weighted by atomic mass is 35.5. The van der Waals surface area contributed by atoms with Crippen LogP contribution in [0.25, 0.3) is 0 Å². The molecule has 2 aromatic rings. The van der Waals surface area contributed by atoms with Gasteiger partial charge in [-0.3, -0.25) is 14.6 Å². The number of hydrogen-bond donors (Lipinski definition) is 0. The lowest BCUT2D eigenvalue weighted by Crippen LogP contribution is -2.48. The molecule has 0 aliphatic carbocycles. The van der Waals surface area contributed by atoms with Crippen LogP contribution in [0.3, 0.4) is 0 Å². The summed E-state index contributed by atoms with van der Waals surface area (Å²) in [4.78, 5) is 18.2. The van der Waals surface area contributed by atoms with E-state index in [0.717, 1.165) is 50.7 Å². The number of halogens is 1. The summed E-state index contributed by atoms with van der Waals surface area (Å²) in [5.41, 5.74) is 2.51. The average Bonchev–Trinajstić information content (AvgIpc) is 2.91. The van der Waals surface area contributed by atoms with Crippen molar-refractivity contribution in [3.63, 3.8) is 0 Å². The number of benzene rings is 2. The minimum absolute atomic E-state index is 0.0356. The molecule has 0 spiro atoms. The van der Waals surface area contributed by atoms with Crippen molar-refractivity contribution in [2.75, 3.05) is 52.5 Å². The zero-order valence-electron chi connectivity index (χ0n) is 17.9. The molecule has 0 aromatic heterocycles. The summed E-state index contributed by atoms with van der Waals surface area (Å²) in [6.07, 6.45) is 0.873. The average molecular weight is 461 g/mol. The van der Waals surface area contributed by atoms with Crippen LogP contribution >= 0.6 is 23.4 Å². The van der Waals surface area contributed by atoms with Crippen molar-refractivity contribution in [2.24, 2.45) is 0 Å². The van der Waals surface area contributed by atoms with Gasteiger partial charge in [-0.1, -0.05) is 41.6 Å². The van der Waals surface area contributed by atoms with Gasteiger partial charge in [0.15, 0.2) is 0 Å². The molecule has 166 valence electrons. The third kappa shape index (κ3) is 6.24. The predicted octanol–water partition coefficient (Wildman–Crippen LogP) is 4.29. The number of carbonyl (C=O) groups excluding carboxylic acids is 1. The van der Waals surface area contributed by atoms with Gasteiger partial charge in [0.2, 0.25) is 0 Å². The lowest BCUT2D eigenvalue weighted by molar-refractivity contribution is -0.141. The zero-order valence-corrected chi connectivity index (χ0v) is 19.5. The van der Waals surface area contributed by atoms with Gasteiger partial charge in [0.1, 0.15) is 6.61 Å². The molecule has 0 N–H and O–H groups in total. The summed E-state index contributed by atoms with van der Waals surface area (Å²) in [7, 11) is 0. The standard InChI is InChI=1S/C24H29ClN2O3S/c1-18(28)29-14-12-26-8-10-27(11-9-26)13-15-30-22-17-19-16-20(25)6-7-23(19)31-24-5-3-2-4-21(22)24/h2-7,16,22H,8-15,17H2,1H3. The number of carbonyl (C=O) groups is 1. The molecule has 0 saturated carbocycles. The van der Waals surface area contributed by atoms with Crippen molar-refractivity contribution in [1.29, 1.82) is 0 Å². The minimum Gasteiger partial charge on any atom is -0.465 e. The van der Waals surface area contributed by atoms with Crippen LogP contribution in [-0.2, 0) is 20.7 Å². The van der Waals surface area contributed by atoms with Crippen molar-refractivity contribution in [3.8, 4) is 0 Å². The predicted molar refractivity (Wildman–Crippen MR) is 124 cm³/mol. The molecule has 1 fully saturated rings. The molecule has 1 atom stereocenters. The molecule has 2 heterocycles. The smallest absolute Gasteiger partial charge is 0.302 e. The second-order valence-corrected chi connectivity index (χ2v) is 9.50. The first-order valence-corrected chi connectivity index (χ1v) is 12.0. The fraction of sp³-hybridized carbons (Fsp3) is 0.458. The molecule has 0 bridgehead atoms. The third-order valence-corrected chi connectivity index (χ3v) is 7.26. The molecular weight excluding hydrogens is 432 g/mol. The summed E-state index contributed by atoms with van der Waals surface area (Å²) >= 11 is 8.07. The first kappa shape index (κ1) is 22.6. The maximum atomic E-state index is 10.9. The molecule has 4 rings (SSSR count). The Morgan fingerprint density at radius 2 is 1.74 bits per heavy atom. The lowest BCUT2D eigenvalue weighted by atomic mass is 10.0. The summed E-state index contributed by atoms with van der Waals surface area (Å²) in [6.45, 7) is 8.38. The lowest BCUT2D eigenvalue weighted by Gasteiger charge is -2.34. The van der Waals surface area contributed by atoms with Gasteiger partial charge < -0.3 is 9.47 Å². The van der Waals surface area contributed by atoms with Gasteiger partial charge in [0, 0.05) is 67.4 Å². The Bertz CT molecular complexity index is 902. The van der Waals surface area contributed by atoms with E-state index >= 15 is 0 Å². The molecule has 1 unspecified atom stereocenters. The van der Waals surface area contributed by atoms with Gasteiger partial charge in [0.25, 0.3) is 0 Å². The molecule has 2 aliphatic heterocycles. The van der Waals surface area contributed by atoms with E-state index in [-0.39, 0.29) is 12.1 Å². The van der Waals surface area contributed by atoms with E-state index in [1.807, 2.05) is 6.07 Å². The zero-order chi connectivity index (χ0) is 21.6. The SMILES string of the molecule is CC(=O)OCCN1CCN(CCOC2Cc3cc(Cl)ccc3Sc3ccccc32)CC1.